The molecule has 1 aromatic heterocycles. The first-order chi connectivity index (χ1) is 11.2. The highest BCUT2D eigenvalue weighted by Gasteiger charge is 2.27. The van der Waals surface area contributed by atoms with Crippen molar-refractivity contribution in [3.8, 4) is 0 Å². The molecule has 5 nitrogen and oxygen atoms in total. The Labute approximate surface area is 143 Å². The molecule has 128 valence electrons. The number of rotatable bonds is 4. The topological polar surface area (TPSA) is 48.5 Å². The zero-order valence-electron chi connectivity index (χ0n) is 14.3. The van der Waals surface area contributed by atoms with Crippen LogP contribution in [-0.4, -0.2) is 59.5 Å². The molecule has 1 amide bonds. The molecule has 0 aromatic carbocycles. The number of hydrogen-bond donors (Lipinski definition) is 1. The fourth-order valence-corrected chi connectivity index (χ4v) is 4.74. The van der Waals surface area contributed by atoms with Crippen LogP contribution in [-0.2, 0) is 0 Å². The summed E-state index contributed by atoms with van der Waals surface area (Å²) in [5.74, 6) is 0.164. The van der Waals surface area contributed by atoms with Crippen molar-refractivity contribution in [2.24, 2.45) is 0 Å². The van der Waals surface area contributed by atoms with Gasteiger partial charge in [0.15, 0.2) is 5.13 Å². The molecule has 0 atom stereocenters. The Morgan fingerprint density at radius 1 is 1.22 bits per heavy atom. The Morgan fingerprint density at radius 3 is 2.74 bits per heavy atom. The summed E-state index contributed by atoms with van der Waals surface area (Å²) in [4.78, 5) is 22.8. The molecule has 23 heavy (non-hydrogen) atoms. The number of anilines is 1. The average Bonchev–Trinajstić information content (AvgIpc) is 3.12. The van der Waals surface area contributed by atoms with E-state index in [2.05, 4.69) is 15.2 Å². The zero-order chi connectivity index (χ0) is 16.2. The SMILES string of the molecule is CCNc1nc(C)c(C(=O)N2CCCN(C3CCCC3)CC2)s1. The van der Waals surface area contributed by atoms with Crippen LogP contribution in [0.15, 0.2) is 0 Å². The van der Waals surface area contributed by atoms with Gasteiger partial charge in [-0.25, -0.2) is 4.98 Å². The molecule has 1 saturated heterocycles. The van der Waals surface area contributed by atoms with Gasteiger partial charge in [-0.15, -0.1) is 0 Å². The number of carbonyl (C=O) groups is 1. The van der Waals surface area contributed by atoms with E-state index in [1.54, 1.807) is 0 Å². The molecule has 1 aliphatic carbocycles. The first-order valence-electron chi connectivity index (χ1n) is 8.93. The summed E-state index contributed by atoms with van der Waals surface area (Å²) < 4.78 is 0. The summed E-state index contributed by atoms with van der Waals surface area (Å²) in [6.45, 7) is 8.70. The lowest BCUT2D eigenvalue weighted by Crippen LogP contribution is -2.38. The quantitative estimate of drug-likeness (QED) is 0.918. The van der Waals surface area contributed by atoms with Gasteiger partial charge in [-0.1, -0.05) is 24.2 Å². The van der Waals surface area contributed by atoms with Gasteiger partial charge in [0, 0.05) is 38.8 Å². The Kier molecular flexibility index (Phi) is 5.54. The average molecular weight is 337 g/mol. The van der Waals surface area contributed by atoms with Gasteiger partial charge in [-0.2, -0.15) is 0 Å². The third-order valence-electron chi connectivity index (χ3n) is 4.98. The predicted octanol–water partition coefficient (Wildman–Crippen LogP) is 2.97. The van der Waals surface area contributed by atoms with Gasteiger partial charge >= 0.3 is 0 Å². The first-order valence-corrected chi connectivity index (χ1v) is 9.75. The second kappa shape index (κ2) is 7.62. The number of nitrogens with zero attached hydrogens (tertiary/aromatic N) is 3. The van der Waals surface area contributed by atoms with Crippen LogP contribution in [0.3, 0.4) is 0 Å². The maximum absolute atomic E-state index is 12.9. The maximum Gasteiger partial charge on any atom is 0.265 e. The molecule has 6 heteroatoms. The van der Waals surface area contributed by atoms with Crippen molar-refractivity contribution in [2.75, 3.05) is 38.0 Å². The predicted molar refractivity (Wildman–Crippen MR) is 95.4 cm³/mol. The van der Waals surface area contributed by atoms with E-state index in [0.29, 0.717) is 0 Å². The zero-order valence-corrected chi connectivity index (χ0v) is 15.1. The van der Waals surface area contributed by atoms with Crippen LogP contribution in [0.1, 0.15) is 54.4 Å². The molecule has 2 fully saturated rings. The van der Waals surface area contributed by atoms with Crippen molar-refractivity contribution >= 4 is 22.4 Å². The smallest absolute Gasteiger partial charge is 0.265 e. The molecule has 0 bridgehead atoms. The fraction of sp³-hybridized carbons (Fsp3) is 0.765. The molecule has 2 aliphatic rings. The number of amides is 1. The Morgan fingerprint density at radius 2 is 2.00 bits per heavy atom. The van der Waals surface area contributed by atoms with Crippen molar-refractivity contribution in [1.82, 2.24) is 14.8 Å². The van der Waals surface area contributed by atoms with E-state index in [4.69, 9.17) is 0 Å². The molecular formula is C17H28N4OS. The molecule has 3 rings (SSSR count). The second-order valence-electron chi connectivity index (χ2n) is 6.58. The molecular weight excluding hydrogens is 308 g/mol. The van der Waals surface area contributed by atoms with Gasteiger partial charge in [-0.05, 0) is 33.1 Å². The van der Waals surface area contributed by atoms with Crippen molar-refractivity contribution < 1.29 is 4.79 Å². The molecule has 1 aliphatic heterocycles. The van der Waals surface area contributed by atoms with Crippen LogP contribution < -0.4 is 5.32 Å². The van der Waals surface area contributed by atoms with Crippen molar-refractivity contribution in [2.45, 2.75) is 52.0 Å². The van der Waals surface area contributed by atoms with E-state index in [1.165, 1.54) is 37.0 Å². The minimum Gasteiger partial charge on any atom is -0.362 e. The van der Waals surface area contributed by atoms with E-state index < -0.39 is 0 Å². The summed E-state index contributed by atoms with van der Waals surface area (Å²) in [6, 6.07) is 0.760. The Bertz CT molecular complexity index is 539. The number of carbonyl (C=O) groups excluding carboxylic acids is 1. The van der Waals surface area contributed by atoms with Gasteiger partial charge in [-0.3, -0.25) is 9.69 Å². The Hall–Kier alpha value is -1.14. The monoisotopic (exact) mass is 336 g/mol. The highest BCUT2D eigenvalue weighted by molar-refractivity contribution is 7.17. The van der Waals surface area contributed by atoms with Crippen LogP contribution in [0.2, 0.25) is 0 Å². The Balaban J connectivity index is 1.63. The van der Waals surface area contributed by atoms with E-state index in [-0.39, 0.29) is 5.91 Å². The molecule has 1 N–H and O–H groups in total. The summed E-state index contributed by atoms with van der Waals surface area (Å²) in [6.07, 6.45) is 6.51. The van der Waals surface area contributed by atoms with Crippen LogP contribution in [0.4, 0.5) is 5.13 Å². The van der Waals surface area contributed by atoms with Gasteiger partial charge < -0.3 is 10.2 Å². The largest absolute Gasteiger partial charge is 0.362 e. The number of aromatic nitrogens is 1. The lowest BCUT2D eigenvalue weighted by Gasteiger charge is -2.27. The van der Waals surface area contributed by atoms with E-state index in [9.17, 15) is 4.79 Å². The molecule has 0 radical (unpaired) electrons. The van der Waals surface area contributed by atoms with Gasteiger partial charge in [0.05, 0.1) is 5.69 Å². The summed E-state index contributed by atoms with van der Waals surface area (Å²) in [5, 5.41) is 4.07. The highest BCUT2D eigenvalue weighted by atomic mass is 32.1. The van der Waals surface area contributed by atoms with Crippen LogP contribution in [0.5, 0.6) is 0 Å². The van der Waals surface area contributed by atoms with E-state index in [1.807, 2.05) is 18.7 Å². The molecule has 1 aromatic rings. The molecule has 2 heterocycles. The lowest BCUT2D eigenvalue weighted by molar-refractivity contribution is 0.0762. The van der Waals surface area contributed by atoms with Gasteiger partial charge in [0.25, 0.3) is 5.91 Å². The van der Waals surface area contributed by atoms with Crippen molar-refractivity contribution in [3.63, 3.8) is 0 Å². The third kappa shape index (κ3) is 3.86. The fourth-order valence-electron chi connectivity index (χ4n) is 3.74. The molecule has 0 unspecified atom stereocenters. The van der Waals surface area contributed by atoms with Crippen molar-refractivity contribution in [3.05, 3.63) is 10.6 Å². The standard InChI is InChI=1S/C17H28N4OS/c1-3-18-17-19-13(2)15(23-17)16(22)21-10-6-9-20(11-12-21)14-7-4-5-8-14/h14H,3-12H2,1-2H3,(H,18,19). The van der Waals surface area contributed by atoms with Crippen LogP contribution >= 0.6 is 11.3 Å². The van der Waals surface area contributed by atoms with Crippen molar-refractivity contribution in [1.29, 1.82) is 0 Å². The minimum absolute atomic E-state index is 0.164. The third-order valence-corrected chi connectivity index (χ3v) is 6.08. The van der Waals surface area contributed by atoms with Crippen LogP contribution in [0.25, 0.3) is 0 Å². The number of hydrogen-bond acceptors (Lipinski definition) is 5. The molecule has 0 spiro atoms. The number of thiazole rings is 1. The van der Waals surface area contributed by atoms with E-state index >= 15 is 0 Å². The number of aryl methyl sites for hydroxylation is 1. The highest BCUT2D eigenvalue weighted by Crippen LogP contribution is 2.26. The lowest BCUT2D eigenvalue weighted by atomic mass is 10.2. The first kappa shape index (κ1) is 16.7. The summed E-state index contributed by atoms with van der Waals surface area (Å²) >= 11 is 1.49. The van der Waals surface area contributed by atoms with E-state index in [0.717, 1.165) is 60.9 Å². The summed E-state index contributed by atoms with van der Waals surface area (Å²) in [7, 11) is 0. The molecule has 1 saturated carbocycles. The van der Waals surface area contributed by atoms with Crippen LogP contribution in [0, 0.1) is 6.92 Å². The second-order valence-corrected chi connectivity index (χ2v) is 7.58. The van der Waals surface area contributed by atoms with Gasteiger partial charge in [0.2, 0.25) is 0 Å². The minimum atomic E-state index is 0.164. The summed E-state index contributed by atoms with van der Waals surface area (Å²) in [5.41, 5.74) is 0.854. The maximum atomic E-state index is 12.9. The number of nitrogens with one attached hydrogen (secondary N) is 1. The van der Waals surface area contributed by atoms with Gasteiger partial charge in [0.1, 0.15) is 4.88 Å². The normalized spacial score (nSPS) is 20.7.